The number of aromatic nitrogens is 4. The average molecular weight is 353 g/mol. The quantitative estimate of drug-likeness (QED) is 0.675. The highest BCUT2D eigenvalue weighted by Gasteiger charge is 2.16. The third kappa shape index (κ3) is 3.60. The number of rotatable bonds is 6. The van der Waals surface area contributed by atoms with Gasteiger partial charge in [-0.3, -0.25) is 14.3 Å². The first-order valence-corrected chi connectivity index (χ1v) is 8.04. The van der Waals surface area contributed by atoms with Crippen molar-refractivity contribution >= 4 is 22.7 Å². The van der Waals surface area contributed by atoms with Crippen LogP contribution in [0.15, 0.2) is 30.6 Å². The van der Waals surface area contributed by atoms with Gasteiger partial charge in [0, 0.05) is 30.3 Å². The second kappa shape index (κ2) is 7.01. The number of ketones is 1. The largest absolute Gasteiger partial charge is 0.480 e. The monoisotopic (exact) mass is 353 g/mol. The Balaban J connectivity index is 2.04. The zero-order chi connectivity index (χ0) is 18.8. The summed E-state index contributed by atoms with van der Waals surface area (Å²) in [4.78, 5) is 33.6. The van der Waals surface area contributed by atoms with Gasteiger partial charge in [-0.2, -0.15) is 5.10 Å². The number of nitrogens with zero attached hydrogens (tertiary/aromatic N) is 5. The second-order valence-corrected chi connectivity index (χ2v) is 6.31. The normalized spacial score (nSPS) is 11.2. The molecule has 0 unspecified atom stereocenters. The van der Waals surface area contributed by atoms with Crippen LogP contribution in [-0.4, -0.2) is 55.6 Å². The summed E-state index contributed by atoms with van der Waals surface area (Å²) >= 11 is 0. The van der Waals surface area contributed by atoms with Crippen LogP contribution in [0.2, 0.25) is 0 Å². The minimum absolute atomic E-state index is 0.214. The molecule has 3 rings (SSSR count). The Morgan fingerprint density at radius 2 is 1.85 bits per heavy atom. The fourth-order valence-corrected chi connectivity index (χ4v) is 2.74. The van der Waals surface area contributed by atoms with Crippen LogP contribution in [-0.2, 0) is 17.9 Å². The standard InChI is InChI=1S/C18H19N5O3/c1-11(24)18-14-6-12(4-5-15(14)23(21-18)10-17(25)26)13-7-19-16(20-8-13)9-22(2)3/h4-8H,9-10H2,1-3H3,(H,25,26). The number of benzene rings is 1. The van der Waals surface area contributed by atoms with Gasteiger partial charge in [0.1, 0.15) is 18.1 Å². The van der Waals surface area contributed by atoms with Crippen molar-refractivity contribution in [2.45, 2.75) is 20.0 Å². The van der Waals surface area contributed by atoms with Crippen molar-refractivity contribution in [1.82, 2.24) is 24.6 Å². The lowest BCUT2D eigenvalue weighted by Gasteiger charge is -2.08. The lowest BCUT2D eigenvalue weighted by atomic mass is 10.0. The van der Waals surface area contributed by atoms with Crippen LogP contribution >= 0.6 is 0 Å². The van der Waals surface area contributed by atoms with Gasteiger partial charge in [-0.05, 0) is 31.8 Å². The van der Waals surface area contributed by atoms with E-state index in [0.29, 0.717) is 17.4 Å². The van der Waals surface area contributed by atoms with Crippen molar-refractivity contribution in [2.24, 2.45) is 0 Å². The second-order valence-electron chi connectivity index (χ2n) is 6.31. The van der Waals surface area contributed by atoms with Crippen LogP contribution in [0.25, 0.3) is 22.0 Å². The van der Waals surface area contributed by atoms with E-state index >= 15 is 0 Å². The maximum atomic E-state index is 11.9. The summed E-state index contributed by atoms with van der Waals surface area (Å²) < 4.78 is 1.33. The van der Waals surface area contributed by atoms with Gasteiger partial charge in [-0.25, -0.2) is 9.97 Å². The van der Waals surface area contributed by atoms with E-state index in [0.717, 1.165) is 17.0 Å². The first-order chi connectivity index (χ1) is 12.3. The van der Waals surface area contributed by atoms with Gasteiger partial charge < -0.3 is 10.0 Å². The van der Waals surface area contributed by atoms with Gasteiger partial charge in [0.15, 0.2) is 5.78 Å². The Morgan fingerprint density at radius 1 is 1.15 bits per heavy atom. The summed E-state index contributed by atoms with van der Waals surface area (Å²) in [5.41, 5.74) is 2.51. The van der Waals surface area contributed by atoms with Crippen LogP contribution in [0.5, 0.6) is 0 Å². The minimum Gasteiger partial charge on any atom is -0.480 e. The van der Waals surface area contributed by atoms with Crippen molar-refractivity contribution in [1.29, 1.82) is 0 Å². The molecule has 1 N–H and O–H groups in total. The van der Waals surface area contributed by atoms with Crippen molar-refractivity contribution in [3.8, 4) is 11.1 Å². The molecule has 0 saturated carbocycles. The Bertz CT molecular complexity index is 976. The van der Waals surface area contributed by atoms with E-state index in [-0.39, 0.29) is 18.0 Å². The van der Waals surface area contributed by atoms with Crippen LogP contribution < -0.4 is 0 Å². The molecule has 0 atom stereocenters. The number of hydrogen-bond acceptors (Lipinski definition) is 6. The molecule has 3 aromatic rings. The summed E-state index contributed by atoms with van der Waals surface area (Å²) in [6.07, 6.45) is 3.48. The number of aliphatic carboxylic acids is 1. The Hall–Kier alpha value is -3.13. The summed E-state index contributed by atoms with van der Waals surface area (Å²) in [6.45, 7) is 1.76. The smallest absolute Gasteiger partial charge is 0.325 e. The molecule has 0 bridgehead atoms. The lowest BCUT2D eigenvalue weighted by Crippen LogP contribution is -2.13. The molecule has 0 spiro atoms. The SMILES string of the molecule is CC(=O)c1nn(CC(=O)O)c2ccc(-c3cnc(CN(C)C)nc3)cc12. The van der Waals surface area contributed by atoms with Crippen LogP contribution in [0.4, 0.5) is 0 Å². The summed E-state index contributed by atoms with van der Waals surface area (Å²) in [5.74, 6) is -0.508. The Kier molecular flexibility index (Phi) is 4.77. The number of Topliss-reactive ketones (excluding diaryl/α,β-unsaturated/α-hetero) is 1. The predicted octanol–water partition coefficient (Wildman–Crippen LogP) is 1.84. The van der Waals surface area contributed by atoms with Gasteiger partial charge in [0.05, 0.1) is 12.1 Å². The molecule has 26 heavy (non-hydrogen) atoms. The summed E-state index contributed by atoms with van der Waals surface area (Å²) in [7, 11) is 3.90. The van der Waals surface area contributed by atoms with Crippen LogP contribution in [0, 0.1) is 0 Å². The molecule has 134 valence electrons. The van der Waals surface area contributed by atoms with E-state index in [4.69, 9.17) is 5.11 Å². The fraction of sp³-hybridized carbons (Fsp3) is 0.278. The third-order valence-electron chi connectivity index (χ3n) is 3.87. The molecular weight excluding hydrogens is 334 g/mol. The molecule has 8 heteroatoms. The molecule has 0 aliphatic heterocycles. The van der Waals surface area contributed by atoms with E-state index in [2.05, 4.69) is 15.1 Å². The van der Waals surface area contributed by atoms with Crippen LogP contribution in [0.1, 0.15) is 23.2 Å². The molecular formula is C18H19N5O3. The summed E-state index contributed by atoms with van der Waals surface area (Å²) in [6, 6.07) is 5.43. The van der Waals surface area contributed by atoms with Crippen molar-refractivity contribution in [3.63, 3.8) is 0 Å². The number of hydrogen-bond donors (Lipinski definition) is 1. The zero-order valence-electron chi connectivity index (χ0n) is 14.8. The van der Waals surface area contributed by atoms with Crippen molar-refractivity contribution < 1.29 is 14.7 Å². The van der Waals surface area contributed by atoms with Gasteiger partial charge in [-0.15, -0.1) is 0 Å². The van der Waals surface area contributed by atoms with E-state index in [9.17, 15) is 9.59 Å². The maximum Gasteiger partial charge on any atom is 0.325 e. The van der Waals surface area contributed by atoms with Gasteiger partial charge in [-0.1, -0.05) is 6.07 Å². The highest BCUT2D eigenvalue weighted by atomic mass is 16.4. The molecule has 2 heterocycles. The topological polar surface area (TPSA) is 101 Å². The molecule has 0 radical (unpaired) electrons. The highest BCUT2D eigenvalue weighted by molar-refractivity contribution is 6.06. The Morgan fingerprint density at radius 3 is 2.42 bits per heavy atom. The molecule has 8 nitrogen and oxygen atoms in total. The number of carboxylic acid groups (broad SMARTS) is 1. The van der Waals surface area contributed by atoms with Crippen LogP contribution in [0.3, 0.4) is 0 Å². The first-order valence-electron chi connectivity index (χ1n) is 8.04. The van der Waals surface area contributed by atoms with Gasteiger partial charge in [0.2, 0.25) is 0 Å². The number of carbonyl (C=O) groups excluding carboxylic acids is 1. The number of fused-ring (bicyclic) bond motifs is 1. The average Bonchev–Trinajstić information content (AvgIpc) is 2.92. The molecule has 1 aromatic carbocycles. The Labute approximate surface area is 150 Å². The number of carboxylic acids is 1. The van der Waals surface area contributed by atoms with E-state index in [1.165, 1.54) is 11.6 Å². The molecule has 2 aromatic heterocycles. The van der Waals surface area contributed by atoms with E-state index in [1.807, 2.05) is 31.1 Å². The predicted molar refractivity (Wildman–Crippen MR) is 95.8 cm³/mol. The maximum absolute atomic E-state index is 11.9. The number of carbonyl (C=O) groups is 2. The minimum atomic E-state index is -1.02. The molecule has 0 aliphatic rings. The van der Waals surface area contributed by atoms with E-state index in [1.54, 1.807) is 18.5 Å². The fourth-order valence-electron chi connectivity index (χ4n) is 2.74. The molecule has 0 amide bonds. The van der Waals surface area contributed by atoms with E-state index < -0.39 is 5.97 Å². The van der Waals surface area contributed by atoms with Crippen molar-refractivity contribution in [3.05, 3.63) is 42.1 Å². The van der Waals surface area contributed by atoms with Crippen molar-refractivity contribution in [2.75, 3.05) is 14.1 Å². The summed E-state index contributed by atoms with van der Waals surface area (Å²) in [5, 5.41) is 13.8. The third-order valence-corrected chi connectivity index (χ3v) is 3.87. The molecule has 0 aliphatic carbocycles. The highest BCUT2D eigenvalue weighted by Crippen LogP contribution is 2.26. The van der Waals surface area contributed by atoms with Gasteiger partial charge >= 0.3 is 5.97 Å². The van der Waals surface area contributed by atoms with Gasteiger partial charge in [0.25, 0.3) is 0 Å². The molecule has 0 saturated heterocycles. The lowest BCUT2D eigenvalue weighted by molar-refractivity contribution is -0.137. The zero-order valence-corrected chi connectivity index (χ0v) is 14.8. The first kappa shape index (κ1) is 17.7. The molecule has 0 fully saturated rings.